The minimum atomic E-state index is -0.369. The molecule has 32 heavy (non-hydrogen) atoms. The fourth-order valence-corrected chi connectivity index (χ4v) is 3.59. The molecular weight excluding hydrogens is 410 g/mol. The van der Waals surface area contributed by atoms with Crippen molar-refractivity contribution in [1.29, 1.82) is 0 Å². The van der Waals surface area contributed by atoms with Gasteiger partial charge in [-0.2, -0.15) is 5.10 Å². The van der Waals surface area contributed by atoms with Gasteiger partial charge in [-0.1, -0.05) is 12.1 Å². The molecule has 0 spiro atoms. The van der Waals surface area contributed by atoms with Gasteiger partial charge in [-0.05, 0) is 37.3 Å². The number of hydrogen-bond donors (Lipinski definition) is 2. The van der Waals surface area contributed by atoms with E-state index in [1.165, 1.54) is 6.20 Å². The summed E-state index contributed by atoms with van der Waals surface area (Å²) in [6.45, 7) is 2.02. The summed E-state index contributed by atoms with van der Waals surface area (Å²) < 4.78 is 12.3. The van der Waals surface area contributed by atoms with Crippen molar-refractivity contribution in [2.24, 2.45) is 7.05 Å². The van der Waals surface area contributed by atoms with Gasteiger partial charge in [-0.15, -0.1) is 0 Å². The van der Waals surface area contributed by atoms with Gasteiger partial charge in [0.15, 0.2) is 17.1 Å². The van der Waals surface area contributed by atoms with Gasteiger partial charge < -0.3 is 20.1 Å². The molecule has 0 radical (unpaired) electrons. The average molecular weight is 429 g/mol. The van der Waals surface area contributed by atoms with Crippen molar-refractivity contribution in [3.8, 4) is 11.5 Å². The zero-order chi connectivity index (χ0) is 22.2. The molecule has 2 N–H and O–H groups in total. The Balaban J connectivity index is 1.38. The van der Waals surface area contributed by atoms with Crippen molar-refractivity contribution >= 4 is 34.2 Å². The Hall–Kier alpha value is -4.40. The summed E-state index contributed by atoms with van der Waals surface area (Å²) in [6.07, 6.45) is 1.49. The topological polar surface area (TPSA) is 107 Å². The molecule has 1 aliphatic heterocycles. The third-order valence-corrected chi connectivity index (χ3v) is 5.18. The number of carbonyl (C=O) groups is 2. The van der Waals surface area contributed by atoms with E-state index < -0.39 is 0 Å². The highest BCUT2D eigenvalue weighted by Crippen LogP contribution is 2.34. The summed E-state index contributed by atoms with van der Waals surface area (Å²) >= 11 is 0. The fourth-order valence-electron chi connectivity index (χ4n) is 3.59. The van der Waals surface area contributed by atoms with Crippen LogP contribution in [0, 0.1) is 6.92 Å². The van der Waals surface area contributed by atoms with Crippen LogP contribution >= 0.6 is 0 Å². The van der Waals surface area contributed by atoms with Gasteiger partial charge in [0.2, 0.25) is 6.79 Å². The van der Waals surface area contributed by atoms with Crippen molar-refractivity contribution in [2.75, 3.05) is 17.4 Å². The van der Waals surface area contributed by atoms with E-state index in [2.05, 4.69) is 20.7 Å². The van der Waals surface area contributed by atoms with Crippen LogP contribution in [0.5, 0.6) is 11.5 Å². The summed E-state index contributed by atoms with van der Waals surface area (Å²) in [7, 11) is 1.80. The summed E-state index contributed by atoms with van der Waals surface area (Å²) in [6, 6.07) is 13.7. The number of nitrogens with zero attached hydrogens (tertiary/aromatic N) is 3. The molecule has 0 saturated carbocycles. The monoisotopic (exact) mass is 429 g/mol. The summed E-state index contributed by atoms with van der Waals surface area (Å²) in [5.74, 6) is 0.463. The van der Waals surface area contributed by atoms with E-state index in [0.717, 1.165) is 11.1 Å². The van der Waals surface area contributed by atoms with Crippen LogP contribution in [0.15, 0.2) is 54.7 Å². The van der Waals surface area contributed by atoms with E-state index in [9.17, 15) is 9.59 Å². The molecule has 1 aliphatic rings. The van der Waals surface area contributed by atoms with E-state index in [1.54, 1.807) is 60.3 Å². The van der Waals surface area contributed by atoms with Crippen LogP contribution in [0.25, 0.3) is 11.0 Å². The largest absolute Gasteiger partial charge is 0.454 e. The lowest BCUT2D eigenvalue weighted by Gasteiger charge is -2.12. The number of hydrogen-bond acceptors (Lipinski definition) is 6. The molecule has 3 heterocycles. The first-order chi connectivity index (χ1) is 15.5. The molecule has 0 fully saturated rings. The number of aromatic nitrogens is 3. The second-order valence-corrected chi connectivity index (χ2v) is 7.33. The number of carbonyl (C=O) groups excluding carboxylic acids is 2. The van der Waals surface area contributed by atoms with Crippen LogP contribution < -0.4 is 20.1 Å². The maximum atomic E-state index is 12.9. The van der Waals surface area contributed by atoms with Crippen molar-refractivity contribution < 1.29 is 19.1 Å². The Bertz CT molecular complexity index is 1380. The van der Waals surface area contributed by atoms with Gasteiger partial charge in [0.25, 0.3) is 11.8 Å². The lowest BCUT2D eigenvalue weighted by atomic mass is 10.1. The first-order valence-corrected chi connectivity index (χ1v) is 9.90. The molecule has 9 nitrogen and oxygen atoms in total. The van der Waals surface area contributed by atoms with Crippen molar-refractivity contribution in [3.63, 3.8) is 0 Å². The van der Waals surface area contributed by atoms with E-state index >= 15 is 0 Å². The highest BCUT2D eigenvalue weighted by Gasteiger charge is 2.18. The van der Waals surface area contributed by atoms with Gasteiger partial charge in [-0.25, -0.2) is 4.98 Å². The quantitative estimate of drug-likeness (QED) is 0.514. The molecule has 160 valence electrons. The van der Waals surface area contributed by atoms with Crippen molar-refractivity contribution in [3.05, 3.63) is 71.5 Å². The molecule has 2 aromatic heterocycles. The van der Waals surface area contributed by atoms with Gasteiger partial charge >= 0.3 is 0 Å². The molecule has 0 atom stereocenters. The van der Waals surface area contributed by atoms with Crippen LogP contribution in [-0.4, -0.2) is 33.4 Å². The van der Waals surface area contributed by atoms with Gasteiger partial charge in [-0.3, -0.25) is 14.3 Å². The normalized spacial score (nSPS) is 12.1. The van der Waals surface area contributed by atoms with Gasteiger partial charge in [0.05, 0.1) is 22.5 Å². The van der Waals surface area contributed by atoms with Crippen LogP contribution in [0.2, 0.25) is 0 Å². The second kappa shape index (κ2) is 7.69. The summed E-state index contributed by atoms with van der Waals surface area (Å²) in [4.78, 5) is 30.2. The molecule has 2 aromatic carbocycles. The number of pyridine rings is 1. The van der Waals surface area contributed by atoms with Gasteiger partial charge in [0.1, 0.15) is 0 Å². The molecule has 9 heteroatoms. The first kappa shape index (κ1) is 19.6. The Kier molecular flexibility index (Phi) is 4.70. The lowest BCUT2D eigenvalue weighted by molar-refractivity contribution is 0.102. The van der Waals surface area contributed by atoms with Gasteiger partial charge in [0, 0.05) is 30.4 Å². The number of amides is 2. The average Bonchev–Trinajstić information content (AvgIpc) is 3.37. The number of nitrogens with one attached hydrogen (secondary N) is 2. The lowest BCUT2D eigenvalue weighted by Crippen LogP contribution is -2.18. The molecular formula is C23H19N5O4. The highest BCUT2D eigenvalue weighted by atomic mass is 16.7. The maximum Gasteiger partial charge on any atom is 0.257 e. The fraction of sp³-hybridized carbons (Fsp3) is 0.130. The Morgan fingerprint density at radius 1 is 1.00 bits per heavy atom. The number of aryl methyl sites for hydroxylation is 2. The number of benzene rings is 2. The SMILES string of the molecule is Cc1nn(C)c2ncc(C(=O)Nc3ccccc3C(=O)Nc3ccc4c(c3)OCO4)cc12. The number of anilines is 2. The molecule has 5 rings (SSSR count). The van der Waals surface area contributed by atoms with E-state index in [4.69, 9.17) is 9.47 Å². The number of para-hydroxylation sites is 1. The van der Waals surface area contributed by atoms with Crippen LogP contribution in [0.1, 0.15) is 26.4 Å². The zero-order valence-corrected chi connectivity index (χ0v) is 17.4. The van der Waals surface area contributed by atoms with E-state index in [-0.39, 0.29) is 18.6 Å². The number of fused-ring (bicyclic) bond motifs is 2. The van der Waals surface area contributed by atoms with E-state index in [0.29, 0.717) is 39.6 Å². The smallest absolute Gasteiger partial charge is 0.257 e. The Labute approximate surface area is 183 Å². The minimum absolute atomic E-state index is 0.154. The van der Waals surface area contributed by atoms with Crippen molar-refractivity contribution in [1.82, 2.24) is 14.8 Å². The summed E-state index contributed by atoms with van der Waals surface area (Å²) in [5.41, 5.74) is 3.13. The first-order valence-electron chi connectivity index (χ1n) is 9.90. The van der Waals surface area contributed by atoms with Crippen LogP contribution in [-0.2, 0) is 7.05 Å². The predicted molar refractivity (Wildman–Crippen MR) is 118 cm³/mol. The Morgan fingerprint density at radius 2 is 1.81 bits per heavy atom. The van der Waals surface area contributed by atoms with Crippen LogP contribution in [0.4, 0.5) is 11.4 Å². The second-order valence-electron chi connectivity index (χ2n) is 7.33. The molecule has 2 amide bonds. The third-order valence-electron chi connectivity index (χ3n) is 5.18. The Morgan fingerprint density at radius 3 is 2.69 bits per heavy atom. The highest BCUT2D eigenvalue weighted by molar-refractivity contribution is 6.13. The molecule has 0 unspecified atom stereocenters. The molecule has 0 saturated heterocycles. The van der Waals surface area contributed by atoms with Crippen molar-refractivity contribution in [2.45, 2.75) is 6.92 Å². The molecule has 0 aliphatic carbocycles. The molecule has 0 bridgehead atoms. The third kappa shape index (κ3) is 3.49. The van der Waals surface area contributed by atoms with Crippen LogP contribution in [0.3, 0.4) is 0 Å². The summed E-state index contributed by atoms with van der Waals surface area (Å²) in [5, 5.41) is 10.8. The zero-order valence-electron chi connectivity index (χ0n) is 17.4. The predicted octanol–water partition coefficient (Wildman–Crippen LogP) is 3.51. The number of ether oxygens (including phenoxy) is 2. The minimum Gasteiger partial charge on any atom is -0.454 e. The molecule has 4 aromatic rings. The number of rotatable bonds is 4. The maximum absolute atomic E-state index is 12.9. The standard InChI is InChI=1S/C23H19N5O4/c1-13-17-9-14(11-24-21(17)28(2)27-13)22(29)26-18-6-4-3-5-16(18)23(30)25-15-7-8-19-20(10-15)32-12-31-19/h3-11H,12H2,1-2H3,(H,25,30)(H,26,29). The van der Waals surface area contributed by atoms with E-state index in [1.807, 2.05) is 6.92 Å².